The van der Waals surface area contributed by atoms with Gasteiger partial charge in [0.1, 0.15) is 25.9 Å². The van der Waals surface area contributed by atoms with Gasteiger partial charge in [0.25, 0.3) is 0 Å². The standard InChI is InChI=1S/C30H32N2O7/c33-27(18-19-31-30(36)39-22-25-14-8-3-9-15-25)32-26(29(35)38-21-24-12-6-2-7-13-24)16-17-28(34)37-20-23-10-4-1-5-11-23/h1-15,26H,16-22H2,(H,31,36)(H,32,33). The van der Waals surface area contributed by atoms with Gasteiger partial charge in [-0.3, -0.25) is 9.59 Å². The second kappa shape index (κ2) is 16.2. The van der Waals surface area contributed by atoms with Gasteiger partial charge in [-0.25, -0.2) is 9.59 Å². The van der Waals surface area contributed by atoms with Crippen LogP contribution in [-0.2, 0) is 48.4 Å². The lowest BCUT2D eigenvalue weighted by Crippen LogP contribution is -2.43. The summed E-state index contributed by atoms with van der Waals surface area (Å²) < 4.78 is 15.8. The zero-order valence-electron chi connectivity index (χ0n) is 21.5. The molecular formula is C30H32N2O7. The summed E-state index contributed by atoms with van der Waals surface area (Å²) in [7, 11) is 0. The number of carbonyl (C=O) groups excluding carboxylic acids is 4. The molecule has 2 amide bonds. The normalized spacial score (nSPS) is 11.1. The van der Waals surface area contributed by atoms with E-state index < -0.39 is 30.0 Å². The third kappa shape index (κ3) is 11.5. The number of benzene rings is 3. The molecule has 9 heteroatoms. The maximum absolute atomic E-state index is 12.8. The van der Waals surface area contributed by atoms with Crippen LogP contribution in [-0.4, -0.2) is 36.5 Å². The molecule has 0 saturated heterocycles. The molecule has 0 aromatic heterocycles. The Labute approximate surface area is 227 Å². The summed E-state index contributed by atoms with van der Waals surface area (Å²) in [5, 5.41) is 5.10. The number of carbonyl (C=O) groups is 4. The second-order valence-corrected chi connectivity index (χ2v) is 8.64. The van der Waals surface area contributed by atoms with Gasteiger partial charge in [-0.2, -0.15) is 0 Å². The van der Waals surface area contributed by atoms with Gasteiger partial charge in [0, 0.05) is 19.4 Å². The Bertz CT molecular complexity index is 1190. The van der Waals surface area contributed by atoms with Crippen LogP contribution in [0.25, 0.3) is 0 Å². The van der Waals surface area contributed by atoms with Crippen molar-refractivity contribution < 1.29 is 33.4 Å². The highest BCUT2D eigenvalue weighted by Crippen LogP contribution is 2.08. The molecule has 0 aliphatic heterocycles. The lowest BCUT2D eigenvalue weighted by atomic mass is 10.1. The summed E-state index contributed by atoms with van der Waals surface area (Å²) in [6.45, 7) is 0.249. The summed E-state index contributed by atoms with van der Waals surface area (Å²) >= 11 is 0. The Morgan fingerprint density at radius 3 is 1.64 bits per heavy atom. The van der Waals surface area contributed by atoms with Gasteiger partial charge in [0.05, 0.1) is 0 Å². The maximum Gasteiger partial charge on any atom is 0.407 e. The first-order chi connectivity index (χ1) is 19.0. The van der Waals surface area contributed by atoms with E-state index in [1.165, 1.54) is 0 Å². The first-order valence-corrected chi connectivity index (χ1v) is 12.6. The van der Waals surface area contributed by atoms with Crippen LogP contribution in [0.3, 0.4) is 0 Å². The molecule has 3 aromatic carbocycles. The molecule has 0 heterocycles. The molecule has 39 heavy (non-hydrogen) atoms. The van der Waals surface area contributed by atoms with Crippen LogP contribution < -0.4 is 10.6 Å². The largest absolute Gasteiger partial charge is 0.461 e. The number of nitrogens with one attached hydrogen (secondary N) is 2. The molecule has 0 aliphatic rings. The molecule has 3 aromatic rings. The van der Waals surface area contributed by atoms with Crippen molar-refractivity contribution in [1.82, 2.24) is 10.6 Å². The molecule has 0 saturated carbocycles. The van der Waals surface area contributed by atoms with E-state index in [1.807, 2.05) is 91.0 Å². The minimum atomic E-state index is -1.06. The third-order valence-corrected chi connectivity index (χ3v) is 5.56. The third-order valence-electron chi connectivity index (χ3n) is 5.56. The molecule has 1 atom stereocenters. The van der Waals surface area contributed by atoms with Crippen LogP contribution in [0.4, 0.5) is 4.79 Å². The van der Waals surface area contributed by atoms with E-state index in [2.05, 4.69) is 10.6 Å². The molecule has 0 fully saturated rings. The van der Waals surface area contributed by atoms with Crippen molar-refractivity contribution in [2.24, 2.45) is 0 Å². The van der Waals surface area contributed by atoms with Crippen LogP contribution in [0, 0.1) is 0 Å². The van der Waals surface area contributed by atoms with Gasteiger partial charge in [0.2, 0.25) is 5.91 Å². The van der Waals surface area contributed by atoms with E-state index in [0.29, 0.717) is 0 Å². The number of hydrogen-bond donors (Lipinski definition) is 2. The van der Waals surface area contributed by atoms with Crippen LogP contribution >= 0.6 is 0 Å². The second-order valence-electron chi connectivity index (χ2n) is 8.64. The smallest absolute Gasteiger partial charge is 0.407 e. The molecule has 0 radical (unpaired) electrons. The molecular weight excluding hydrogens is 500 g/mol. The summed E-state index contributed by atoms with van der Waals surface area (Å²) in [6, 6.07) is 26.5. The van der Waals surface area contributed by atoms with Gasteiger partial charge < -0.3 is 24.8 Å². The van der Waals surface area contributed by atoms with Crippen molar-refractivity contribution in [3.05, 3.63) is 108 Å². The Kier molecular flexibility index (Phi) is 12.0. The first-order valence-electron chi connectivity index (χ1n) is 12.6. The van der Waals surface area contributed by atoms with Crippen molar-refractivity contribution >= 4 is 23.9 Å². The number of rotatable bonds is 14. The molecule has 9 nitrogen and oxygen atoms in total. The maximum atomic E-state index is 12.8. The Hall–Kier alpha value is -4.66. The highest BCUT2D eigenvalue weighted by atomic mass is 16.5. The molecule has 0 aliphatic carbocycles. The zero-order chi connectivity index (χ0) is 27.7. The van der Waals surface area contributed by atoms with Crippen LogP contribution in [0.1, 0.15) is 36.0 Å². The topological polar surface area (TPSA) is 120 Å². The number of esters is 2. The fourth-order valence-electron chi connectivity index (χ4n) is 3.47. The van der Waals surface area contributed by atoms with Crippen molar-refractivity contribution in [3.63, 3.8) is 0 Å². The number of hydrogen-bond acceptors (Lipinski definition) is 7. The van der Waals surface area contributed by atoms with Gasteiger partial charge in [-0.1, -0.05) is 91.0 Å². The monoisotopic (exact) mass is 532 g/mol. The summed E-state index contributed by atoms with van der Waals surface area (Å²) in [5.41, 5.74) is 2.47. The first kappa shape index (κ1) is 28.9. The molecule has 3 rings (SSSR count). The number of amides is 2. The SMILES string of the molecule is O=C(CCNC(=O)OCc1ccccc1)NC(CCC(=O)OCc1ccccc1)C(=O)OCc1ccccc1. The lowest BCUT2D eigenvalue weighted by Gasteiger charge is -2.18. The summed E-state index contributed by atoms with van der Waals surface area (Å²) in [5.74, 6) is -1.66. The van der Waals surface area contributed by atoms with E-state index >= 15 is 0 Å². The fraction of sp³-hybridized carbons (Fsp3) is 0.267. The molecule has 204 valence electrons. The minimum Gasteiger partial charge on any atom is -0.461 e. The molecule has 2 N–H and O–H groups in total. The minimum absolute atomic E-state index is 0.000464. The fourth-order valence-corrected chi connectivity index (χ4v) is 3.47. The zero-order valence-corrected chi connectivity index (χ0v) is 21.5. The quantitative estimate of drug-likeness (QED) is 0.237. The van der Waals surface area contributed by atoms with Crippen LogP contribution in [0.15, 0.2) is 91.0 Å². The average Bonchev–Trinajstić information content (AvgIpc) is 2.97. The summed E-state index contributed by atoms with van der Waals surface area (Å²) in [4.78, 5) is 49.5. The molecule has 0 spiro atoms. The highest BCUT2D eigenvalue weighted by Gasteiger charge is 2.24. The Morgan fingerprint density at radius 1 is 0.615 bits per heavy atom. The van der Waals surface area contributed by atoms with Gasteiger partial charge >= 0.3 is 18.0 Å². The van der Waals surface area contributed by atoms with Crippen molar-refractivity contribution in [3.8, 4) is 0 Å². The number of alkyl carbamates (subject to hydrolysis) is 1. The predicted molar refractivity (Wildman–Crippen MR) is 143 cm³/mol. The van der Waals surface area contributed by atoms with E-state index in [-0.39, 0.29) is 45.6 Å². The predicted octanol–water partition coefficient (Wildman–Crippen LogP) is 4.05. The van der Waals surface area contributed by atoms with E-state index in [9.17, 15) is 19.2 Å². The Balaban J connectivity index is 1.45. The van der Waals surface area contributed by atoms with Crippen LogP contribution in [0.5, 0.6) is 0 Å². The molecule has 0 bridgehead atoms. The van der Waals surface area contributed by atoms with Crippen molar-refractivity contribution in [1.29, 1.82) is 0 Å². The van der Waals surface area contributed by atoms with Crippen molar-refractivity contribution in [2.75, 3.05) is 6.54 Å². The van der Waals surface area contributed by atoms with Gasteiger partial charge in [-0.15, -0.1) is 0 Å². The Morgan fingerprint density at radius 2 is 1.10 bits per heavy atom. The van der Waals surface area contributed by atoms with Gasteiger partial charge in [-0.05, 0) is 23.1 Å². The van der Waals surface area contributed by atoms with Crippen LogP contribution in [0.2, 0.25) is 0 Å². The van der Waals surface area contributed by atoms with Crippen molar-refractivity contribution in [2.45, 2.75) is 45.1 Å². The van der Waals surface area contributed by atoms with E-state index in [4.69, 9.17) is 14.2 Å². The summed E-state index contributed by atoms with van der Waals surface area (Å²) in [6.07, 6.45) is -0.852. The van der Waals surface area contributed by atoms with E-state index in [1.54, 1.807) is 0 Å². The lowest BCUT2D eigenvalue weighted by molar-refractivity contribution is -0.150. The molecule has 1 unspecified atom stereocenters. The highest BCUT2D eigenvalue weighted by molar-refractivity contribution is 5.85. The average molecular weight is 533 g/mol. The van der Waals surface area contributed by atoms with Gasteiger partial charge in [0.15, 0.2) is 0 Å². The van der Waals surface area contributed by atoms with E-state index in [0.717, 1.165) is 16.7 Å². The number of ether oxygens (including phenoxy) is 3.